The van der Waals surface area contributed by atoms with Gasteiger partial charge in [0.1, 0.15) is 11.7 Å². The summed E-state index contributed by atoms with van der Waals surface area (Å²) < 4.78 is 11.0. The van der Waals surface area contributed by atoms with E-state index in [0.717, 1.165) is 6.42 Å². The molecular formula is C16H18N4O4S. The van der Waals surface area contributed by atoms with Crippen LogP contribution in [-0.4, -0.2) is 48.1 Å². The van der Waals surface area contributed by atoms with Crippen molar-refractivity contribution in [3.05, 3.63) is 35.0 Å². The SMILES string of the molecule is CNC(=O)Cc1csc(NC(=O)c2cccnc2O[C@H]2CCOC2)n1. The first-order chi connectivity index (χ1) is 12.2. The summed E-state index contributed by atoms with van der Waals surface area (Å²) in [4.78, 5) is 32.3. The lowest BCUT2D eigenvalue weighted by Gasteiger charge is -2.13. The van der Waals surface area contributed by atoms with Crippen LogP contribution >= 0.6 is 11.3 Å². The third kappa shape index (κ3) is 4.52. The summed E-state index contributed by atoms with van der Waals surface area (Å²) in [5.74, 6) is -0.217. The van der Waals surface area contributed by atoms with Gasteiger partial charge in [0.25, 0.3) is 5.91 Å². The van der Waals surface area contributed by atoms with Gasteiger partial charge in [-0.05, 0) is 12.1 Å². The number of carbonyl (C=O) groups excluding carboxylic acids is 2. The third-order valence-corrected chi connectivity index (χ3v) is 4.38. The molecule has 9 heteroatoms. The minimum absolute atomic E-state index is 0.0968. The topological polar surface area (TPSA) is 102 Å². The molecule has 132 valence electrons. The van der Waals surface area contributed by atoms with E-state index in [1.54, 1.807) is 30.8 Å². The van der Waals surface area contributed by atoms with Gasteiger partial charge in [-0.1, -0.05) is 0 Å². The first-order valence-corrected chi connectivity index (χ1v) is 8.69. The van der Waals surface area contributed by atoms with Crippen molar-refractivity contribution in [2.75, 3.05) is 25.6 Å². The molecule has 0 aliphatic carbocycles. The normalized spacial score (nSPS) is 16.4. The molecule has 0 unspecified atom stereocenters. The maximum atomic E-state index is 12.5. The number of carbonyl (C=O) groups is 2. The van der Waals surface area contributed by atoms with Gasteiger partial charge < -0.3 is 14.8 Å². The van der Waals surface area contributed by atoms with Crippen molar-refractivity contribution in [3.63, 3.8) is 0 Å². The van der Waals surface area contributed by atoms with Gasteiger partial charge in [0.15, 0.2) is 5.13 Å². The Morgan fingerprint density at radius 1 is 1.48 bits per heavy atom. The van der Waals surface area contributed by atoms with E-state index in [1.807, 2.05) is 0 Å². The van der Waals surface area contributed by atoms with Crippen molar-refractivity contribution < 1.29 is 19.1 Å². The van der Waals surface area contributed by atoms with E-state index in [0.29, 0.717) is 29.6 Å². The largest absolute Gasteiger partial charge is 0.471 e. The molecule has 3 heterocycles. The van der Waals surface area contributed by atoms with Crippen LogP contribution in [0.4, 0.5) is 5.13 Å². The Labute approximate surface area is 148 Å². The average Bonchev–Trinajstić information content (AvgIpc) is 3.27. The molecule has 8 nitrogen and oxygen atoms in total. The van der Waals surface area contributed by atoms with Crippen LogP contribution < -0.4 is 15.4 Å². The Balaban J connectivity index is 1.68. The number of hydrogen-bond donors (Lipinski definition) is 2. The molecule has 1 fully saturated rings. The summed E-state index contributed by atoms with van der Waals surface area (Å²) in [5.41, 5.74) is 0.933. The fourth-order valence-electron chi connectivity index (χ4n) is 2.28. The third-order valence-electron chi connectivity index (χ3n) is 3.57. The quantitative estimate of drug-likeness (QED) is 0.802. The number of ether oxygens (including phenoxy) is 2. The molecule has 1 aliphatic heterocycles. The van der Waals surface area contributed by atoms with E-state index in [4.69, 9.17) is 9.47 Å². The van der Waals surface area contributed by atoms with Crippen LogP contribution in [0.25, 0.3) is 0 Å². The van der Waals surface area contributed by atoms with Gasteiger partial charge in [-0.2, -0.15) is 0 Å². The second-order valence-electron chi connectivity index (χ2n) is 5.41. The monoisotopic (exact) mass is 362 g/mol. The molecule has 0 spiro atoms. The summed E-state index contributed by atoms with van der Waals surface area (Å²) in [6.45, 7) is 1.14. The van der Waals surface area contributed by atoms with Gasteiger partial charge in [0.05, 0.1) is 25.3 Å². The highest BCUT2D eigenvalue weighted by molar-refractivity contribution is 7.14. The summed E-state index contributed by atoms with van der Waals surface area (Å²) in [6, 6.07) is 3.32. The first kappa shape index (κ1) is 17.3. The second-order valence-corrected chi connectivity index (χ2v) is 6.27. The minimum atomic E-state index is -0.358. The molecule has 25 heavy (non-hydrogen) atoms. The Morgan fingerprint density at radius 3 is 3.12 bits per heavy atom. The van der Waals surface area contributed by atoms with Crippen molar-refractivity contribution in [1.29, 1.82) is 0 Å². The van der Waals surface area contributed by atoms with Gasteiger partial charge in [-0.25, -0.2) is 9.97 Å². The number of hydrogen-bond acceptors (Lipinski definition) is 7. The number of nitrogens with zero attached hydrogens (tertiary/aromatic N) is 2. The molecular weight excluding hydrogens is 344 g/mol. The standard InChI is InChI=1S/C16H18N4O4S/c1-17-13(21)7-10-9-25-16(19-10)20-14(22)12-3-2-5-18-15(12)24-11-4-6-23-8-11/h2-3,5,9,11H,4,6-8H2,1H3,(H,17,21)(H,19,20,22)/t11-/m0/s1. The Morgan fingerprint density at radius 2 is 2.36 bits per heavy atom. The first-order valence-electron chi connectivity index (χ1n) is 7.81. The van der Waals surface area contributed by atoms with Gasteiger partial charge >= 0.3 is 0 Å². The summed E-state index contributed by atoms with van der Waals surface area (Å²) in [7, 11) is 1.57. The molecule has 2 amide bonds. The summed E-state index contributed by atoms with van der Waals surface area (Å²) in [5, 5.41) is 7.41. The molecule has 1 aliphatic rings. The molecule has 2 N–H and O–H groups in total. The molecule has 0 radical (unpaired) electrons. The van der Waals surface area contributed by atoms with E-state index in [9.17, 15) is 9.59 Å². The van der Waals surface area contributed by atoms with Crippen molar-refractivity contribution in [1.82, 2.24) is 15.3 Å². The molecule has 0 aromatic carbocycles. The van der Waals surface area contributed by atoms with Crippen molar-refractivity contribution in [3.8, 4) is 5.88 Å². The number of thiazole rings is 1. The van der Waals surface area contributed by atoms with Crippen LogP contribution in [-0.2, 0) is 16.0 Å². The lowest BCUT2D eigenvalue weighted by atomic mass is 10.2. The highest BCUT2D eigenvalue weighted by Gasteiger charge is 2.22. The maximum absolute atomic E-state index is 12.5. The van der Waals surface area contributed by atoms with Gasteiger partial charge in [0, 0.05) is 25.0 Å². The number of pyridine rings is 1. The molecule has 2 aromatic heterocycles. The van der Waals surface area contributed by atoms with Gasteiger partial charge in [-0.15, -0.1) is 11.3 Å². The van der Waals surface area contributed by atoms with E-state index in [1.165, 1.54) is 11.3 Å². The van der Waals surface area contributed by atoms with E-state index < -0.39 is 0 Å². The zero-order valence-corrected chi connectivity index (χ0v) is 14.5. The molecule has 0 bridgehead atoms. The fourth-order valence-corrected chi connectivity index (χ4v) is 2.99. The second kappa shape index (κ2) is 8.04. The molecule has 0 saturated carbocycles. The van der Waals surface area contributed by atoms with Gasteiger partial charge in [-0.3, -0.25) is 14.9 Å². The van der Waals surface area contributed by atoms with Crippen molar-refractivity contribution in [2.45, 2.75) is 18.9 Å². The van der Waals surface area contributed by atoms with Crippen LogP contribution in [0, 0.1) is 0 Å². The molecule has 2 aromatic rings. The molecule has 1 saturated heterocycles. The maximum Gasteiger partial charge on any atom is 0.262 e. The lowest BCUT2D eigenvalue weighted by molar-refractivity contribution is -0.120. The van der Waals surface area contributed by atoms with E-state index >= 15 is 0 Å². The van der Waals surface area contributed by atoms with Crippen LogP contribution in [0.15, 0.2) is 23.7 Å². The highest BCUT2D eigenvalue weighted by atomic mass is 32.1. The van der Waals surface area contributed by atoms with Crippen LogP contribution in [0.5, 0.6) is 5.88 Å². The summed E-state index contributed by atoms with van der Waals surface area (Å²) in [6.07, 6.45) is 2.42. The van der Waals surface area contributed by atoms with Crippen LogP contribution in [0.3, 0.4) is 0 Å². The lowest BCUT2D eigenvalue weighted by Crippen LogP contribution is -2.21. The van der Waals surface area contributed by atoms with Crippen LogP contribution in [0.1, 0.15) is 22.5 Å². The number of amides is 2. The van der Waals surface area contributed by atoms with Crippen molar-refractivity contribution in [2.24, 2.45) is 0 Å². The van der Waals surface area contributed by atoms with E-state index in [-0.39, 0.29) is 30.2 Å². The molecule has 1 atom stereocenters. The average molecular weight is 362 g/mol. The minimum Gasteiger partial charge on any atom is -0.471 e. The number of rotatable bonds is 6. The zero-order chi connectivity index (χ0) is 17.6. The fraction of sp³-hybridized carbons (Fsp3) is 0.375. The number of nitrogens with one attached hydrogen (secondary N) is 2. The predicted octanol–water partition coefficient (Wildman–Crippen LogP) is 1.25. The zero-order valence-electron chi connectivity index (χ0n) is 13.7. The van der Waals surface area contributed by atoms with Crippen LogP contribution in [0.2, 0.25) is 0 Å². The Bertz CT molecular complexity index is 758. The Hall–Kier alpha value is -2.52. The number of aromatic nitrogens is 2. The number of likely N-dealkylation sites (N-methyl/N-ethyl adjacent to an activating group) is 1. The Kier molecular flexibility index (Phi) is 5.56. The predicted molar refractivity (Wildman–Crippen MR) is 91.9 cm³/mol. The van der Waals surface area contributed by atoms with Crippen molar-refractivity contribution >= 4 is 28.3 Å². The highest BCUT2D eigenvalue weighted by Crippen LogP contribution is 2.22. The number of anilines is 1. The smallest absolute Gasteiger partial charge is 0.262 e. The summed E-state index contributed by atoms with van der Waals surface area (Å²) >= 11 is 1.26. The van der Waals surface area contributed by atoms with E-state index in [2.05, 4.69) is 20.6 Å². The molecule has 3 rings (SSSR count). The van der Waals surface area contributed by atoms with Gasteiger partial charge in [0.2, 0.25) is 11.8 Å².